The Kier molecular flexibility index (Phi) is 5.14. The molecule has 114 valence electrons. The molecule has 1 aliphatic heterocycles. The van der Waals surface area contributed by atoms with Crippen LogP contribution in [0.1, 0.15) is 30.1 Å². The molecule has 6 nitrogen and oxygen atoms in total. The normalized spacial score (nSPS) is 19.8. The van der Waals surface area contributed by atoms with E-state index in [-0.39, 0.29) is 22.3 Å². The Morgan fingerprint density at radius 1 is 1.57 bits per heavy atom. The molecule has 2 N–H and O–H groups in total. The van der Waals surface area contributed by atoms with Crippen molar-refractivity contribution in [3.8, 4) is 0 Å². The third-order valence-corrected chi connectivity index (χ3v) is 4.13. The van der Waals surface area contributed by atoms with Gasteiger partial charge in [-0.2, -0.15) is 0 Å². The number of carbonyl (C=O) groups excluding carboxylic acids is 1. The smallest absolute Gasteiger partial charge is 0.283 e. The van der Waals surface area contributed by atoms with Gasteiger partial charge in [-0.25, -0.2) is 0 Å². The Bertz CT molecular complexity index is 544. The molecule has 0 saturated carbocycles. The zero-order chi connectivity index (χ0) is 15.4. The summed E-state index contributed by atoms with van der Waals surface area (Å²) in [5.41, 5.74) is -0.339. The number of rotatable bonds is 4. The van der Waals surface area contributed by atoms with Gasteiger partial charge in [0.2, 0.25) is 0 Å². The van der Waals surface area contributed by atoms with Crippen LogP contribution in [0, 0.1) is 16.0 Å². The largest absolute Gasteiger partial charge is 0.349 e. The van der Waals surface area contributed by atoms with Crippen molar-refractivity contribution in [2.45, 2.75) is 25.8 Å². The molecular formula is C14H18ClN3O3. The number of piperidine rings is 1. The fourth-order valence-electron chi connectivity index (χ4n) is 2.59. The molecule has 0 aromatic heterocycles. The highest BCUT2D eigenvalue weighted by molar-refractivity contribution is 6.34. The van der Waals surface area contributed by atoms with E-state index in [9.17, 15) is 14.9 Å². The molecule has 2 atom stereocenters. The highest BCUT2D eigenvalue weighted by atomic mass is 35.5. The van der Waals surface area contributed by atoms with Gasteiger partial charge in [0.25, 0.3) is 11.6 Å². The van der Waals surface area contributed by atoms with Crippen LogP contribution in [0.2, 0.25) is 5.02 Å². The first-order valence-electron chi connectivity index (χ1n) is 6.95. The fourth-order valence-corrected chi connectivity index (χ4v) is 2.85. The van der Waals surface area contributed by atoms with Crippen LogP contribution in [0.25, 0.3) is 0 Å². The van der Waals surface area contributed by atoms with Crippen LogP contribution >= 0.6 is 11.6 Å². The van der Waals surface area contributed by atoms with E-state index in [1.54, 1.807) is 0 Å². The predicted octanol–water partition coefficient (Wildman–Crippen LogP) is 2.37. The van der Waals surface area contributed by atoms with Gasteiger partial charge in [-0.3, -0.25) is 14.9 Å². The maximum atomic E-state index is 12.3. The van der Waals surface area contributed by atoms with Gasteiger partial charge in [0.15, 0.2) is 0 Å². The molecule has 2 rings (SSSR count). The van der Waals surface area contributed by atoms with Crippen LogP contribution < -0.4 is 10.6 Å². The van der Waals surface area contributed by atoms with E-state index < -0.39 is 10.8 Å². The summed E-state index contributed by atoms with van der Waals surface area (Å²) in [5.74, 6) is -0.172. The van der Waals surface area contributed by atoms with Crippen molar-refractivity contribution in [1.82, 2.24) is 10.6 Å². The lowest BCUT2D eigenvalue weighted by molar-refractivity contribution is -0.385. The number of nitro benzene ring substituents is 1. The fraction of sp³-hybridized carbons (Fsp3) is 0.500. The Morgan fingerprint density at radius 3 is 2.95 bits per heavy atom. The second kappa shape index (κ2) is 6.87. The summed E-state index contributed by atoms with van der Waals surface area (Å²) in [4.78, 5) is 22.8. The zero-order valence-electron chi connectivity index (χ0n) is 11.8. The minimum absolute atomic E-state index is 0.0684. The molecule has 1 heterocycles. The third kappa shape index (κ3) is 3.71. The van der Waals surface area contributed by atoms with Crippen LogP contribution in [0.3, 0.4) is 0 Å². The Labute approximate surface area is 128 Å². The molecule has 1 fully saturated rings. The van der Waals surface area contributed by atoms with Crippen molar-refractivity contribution in [2.24, 2.45) is 5.92 Å². The lowest BCUT2D eigenvalue weighted by atomic mass is 9.92. The number of nitrogens with one attached hydrogen (secondary N) is 2. The maximum absolute atomic E-state index is 12.3. The number of amides is 1. The summed E-state index contributed by atoms with van der Waals surface area (Å²) in [7, 11) is 0. The van der Waals surface area contributed by atoms with Gasteiger partial charge in [0, 0.05) is 12.1 Å². The molecule has 1 amide bonds. The van der Waals surface area contributed by atoms with E-state index in [1.807, 2.05) is 6.92 Å². The minimum atomic E-state index is -0.590. The van der Waals surface area contributed by atoms with Gasteiger partial charge in [-0.15, -0.1) is 0 Å². The van der Waals surface area contributed by atoms with Crippen molar-refractivity contribution in [3.05, 3.63) is 38.9 Å². The number of hydrogen-bond donors (Lipinski definition) is 2. The van der Waals surface area contributed by atoms with Gasteiger partial charge < -0.3 is 10.6 Å². The number of benzene rings is 1. The summed E-state index contributed by atoms with van der Waals surface area (Å²) in [6.45, 7) is 3.75. The average molecular weight is 312 g/mol. The lowest BCUT2D eigenvalue weighted by Crippen LogP contribution is -2.44. The van der Waals surface area contributed by atoms with E-state index in [2.05, 4.69) is 10.6 Å². The molecule has 0 bridgehead atoms. The summed E-state index contributed by atoms with van der Waals surface area (Å²) in [6.07, 6.45) is 2.09. The average Bonchev–Trinajstić information content (AvgIpc) is 2.47. The SMILES string of the molecule is CC(NC(=O)c1c(Cl)cccc1[N+](=O)[O-])C1CCCNC1. The van der Waals surface area contributed by atoms with E-state index >= 15 is 0 Å². The Balaban J connectivity index is 2.14. The molecule has 7 heteroatoms. The van der Waals surface area contributed by atoms with Gasteiger partial charge in [-0.1, -0.05) is 17.7 Å². The number of halogens is 1. The topological polar surface area (TPSA) is 84.3 Å². The van der Waals surface area contributed by atoms with Gasteiger partial charge in [0.05, 0.1) is 9.95 Å². The first-order valence-corrected chi connectivity index (χ1v) is 7.33. The Morgan fingerprint density at radius 2 is 2.33 bits per heavy atom. The van der Waals surface area contributed by atoms with Crippen LogP contribution in [0.4, 0.5) is 5.69 Å². The molecule has 0 spiro atoms. The first kappa shape index (κ1) is 15.7. The molecule has 1 saturated heterocycles. The number of nitrogens with zero attached hydrogens (tertiary/aromatic N) is 1. The van der Waals surface area contributed by atoms with Crippen molar-refractivity contribution in [1.29, 1.82) is 0 Å². The summed E-state index contributed by atoms with van der Waals surface area (Å²) in [6, 6.07) is 4.16. The predicted molar refractivity (Wildman–Crippen MR) is 80.6 cm³/mol. The van der Waals surface area contributed by atoms with Gasteiger partial charge in [0.1, 0.15) is 5.56 Å². The molecule has 2 unspecified atom stereocenters. The van der Waals surface area contributed by atoms with Crippen LogP contribution in [0.5, 0.6) is 0 Å². The molecule has 0 radical (unpaired) electrons. The molecule has 1 aromatic carbocycles. The standard InChI is InChI=1S/C14H18ClN3O3/c1-9(10-4-3-7-16-8-10)17-14(19)13-11(15)5-2-6-12(13)18(20)21/h2,5-6,9-10,16H,3-4,7-8H2,1H3,(H,17,19). The molecule has 1 aliphatic rings. The van der Waals surface area contributed by atoms with Crippen molar-refractivity contribution < 1.29 is 9.72 Å². The van der Waals surface area contributed by atoms with Gasteiger partial charge in [-0.05, 0) is 44.8 Å². The molecule has 21 heavy (non-hydrogen) atoms. The number of carbonyl (C=O) groups is 1. The first-order chi connectivity index (χ1) is 10.0. The zero-order valence-corrected chi connectivity index (χ0v) is 12.5. The van der Waals surface area contributed by atoms with Crippen molar-refractivity contribution in [2.75, 3.05) is 13.1 Å². The quantitative estimate of drug-likeness (QED) is 0.660. The van der Waals surface area contributed by atoms with E-state index in [4.69, 9.17) is 11.6 Å². The number of nitro groups is 1. The van der Waals surface area contributed by atoms with E-state index in [1.165, 1.54) is 18.2 Å². The highest BCUT2D eigenvalue weighted by Gasteiger charge is 2.27. The van der Waals surface area contributed by atoms with Crippen LogP contribution in [-0.2, 0) is 0 Å². The molecule has 0 aliphatic carbocycles. The monoisotopic (exact) mass is 311 g/mol. The van der Waals surface area contributed by atoms with Crippen LogP contribution in [-0.4, -0.2) is 30.0 Å². The second-order valence-electron chi connectivity index (χ2n) is 5.26. The van der Waals surface area contributed by atoms with E-state index in [0.29, 0.717) is 5.92 Å². The van der Waals surface area contributed by atoms with Crippen LogP contribution in [0.15, 0.2) is 18.2 Å². The third-order valence-electron chi connectivity index (χ3n) is 3.82. The summed E-state index contributed by atoms with van der Waals surface area (Å²) in [5, 5.41) is 17.2. The second-order valence-corrected chi connectivity index (χ2v) is 5.67. The summed E-state index contributed by atoms with van der Waals surface area (Å²) < 4.78 is 0. The lowest BCUT2D eigenvalue weighted by Gasteiger charge is -2.29. The number of hydrogen-bond acceptors (Lipinski definition) is 4. The highest BCUT2D eigenvalue weighted by Crippen LogP contribution is 2.26. The van der Waals surface area contributed by atoms with Crippen molar-refractivity contribution in [3.63, 3.8) is 0 Å². The van der Waals surface area contributed by atoms with Crippen molar-refractivity contribution >= 4 is 23.2 Å². The maximum Gasteiger partial charge on any atom is 0.283 e. The van der Waals surface area contributed by atoms with Gasteiger partial charge >= 0.3 is 0 Å². The Hall–Kier alpha value is -1.66. The minimum Gasteiger partial charge on any atom is -0.349 e. The molecular weight excluding hydrogens is 294 g/mol. The van der Waals surface area contributed by atoms with E-state index in [0.717, 1.165) is 25.9 Å². The summed E-state index contributed by atoms with van der Waals surface area (Å²) >= 11 is 5.96. The molecule has 1 aromatic rings.